The number of phenolic OH excluding ortho intramolecular Hbond substituents is 1. The van der Waals surface area contributed by atoms with Crippen LogP contribution in [0.2, 0.25) is 0 Å². The molecule has 0 saturated heterocycles. The lowest BCUT2D eigenvalue weighted by molar-refractivity contribution is 0.0965. The highest BCUT2D eigenvalue weighted by Gasteiger charge is 2.17. The fraction of sp³-hybridized carbons (Fsp3) is 0.300. The highest BCUT2D eigenvalue weighted by Crippen LogP contribution is 2.32. The Hall–Kier alpha value is -3.53. The molecule has 34 heavy (non-hydrogen) atoms. The van der Waals surface area contributed by atoms with Crippen LogP contribution in [0.25, 0.3) is 22.2 Å². The first-order chi connectivity index (χ1) is 16.5. The first-order valence-electron chi connectivity index (χ1n) is 12.1. The van der Waals surface area contributed by atoms with Crippen molar-refractivity contribution in [3.05, 3.63) is 83.9 Å². The van der Waals surface area contributed by atoms with Crippen molar-refractivity contribution < 1.29 is 14.6 Å². The zero-order chi connectivity index (χ0) is 24.1. The number of fused-ring (bicyclic) bond motifs is 1. The number of aromatic nitrogens is 1. The fourth-order valence-corrected chi connectivity index (χ4v) is 4.40. The van der Waals surface area contributed by atoms with Gasteiger partial charge in [-0.1, -0.05) is 62.4 Å². The number of carbonyl (C=O) groups excluding carboxylic acids is 1. The summed E-state index contributed by atoms with van der Waals surface area (Å²) in [6.45, 7) is 7.25. The third-order valence-corrected chi connectivity index (χ3v) is 6.19. The van der Waals surface area contributed by atoms with Crippen molar-refractivity contribution >= 4 is 16.7 Å². The minimum absolute atomic E-state index is 0.0321. The summed E-state index contributed by atoms with van der Waals surface area (Å²) in [5, 5.41) is 11.8. The average Bonchev–Trinajstić information content (AvgIpc) is 3.20. The molecule has 1 N–H and O–H groups in total. The lowest BCUT2D eigenvalue weighted by Crippen LogP contribution is -2.06. The summed E-state index contributed by atoms with van der Waals surface area (Å²) in [5.41, 5.74) is 4.69. The highest BCUT2D eigenvalue weighted by molar-refractivity contribution is 5.99. The number of aryl methyl sites for hydroxylation is 1. The normalized spacial score (nSPS) is 11.3. The Morgan fingerprint density at radius 2 is 1.71 bits per heavy atom. The van der Waals surface area contributed by atoms with Gasteiger partial charge in [-0.15, -0.1) is 0 Å². The molecule has 0 aliphatic rings. The van der Waals surface area contributed by atoms with Crippen molar-refractivity contribution in [2.24, 2.45) is 5.92 Å². The summed E-state index contributed by atoms with van der Waals surface area (Å²) < 4.78 is 8.36. The van der Waals surface area contributed by atoms with Crippen molar-refractivity contribution in [2.45, 2.75) is 46.6 Å². The Bertz CT molecular complexity index is 1270. The van der Waals surface area contributed by atoms with Gasteiger partial charge in [-0.05, 0) is 55.5 Å². The fourth-order valence-electron chi connectivity index (χ4n) is 4.40. The van der Waals surface area contributed by atoms with E-state index in [1.807, 2.05) is 19.9 Å². The maximum absolute atomic E-state index is 12.4. The average molecular weight is 456 g/mol. The molecule has 4 nitrogen and oxygen atoms in total. The van der Waals surface area contributed by atoms with E-state index in [0.717, 1.165) is 19.4 Å². The van der Waals surface area contributed by atoms with E-state index < -0.39 is 0 Å². The predicted octanol–water partition coefficient (Wildman–Crippen LogP) is 7.41. The largest absolute Gasteiger partial charge is 0.507 e. The van der Waals surface area contributed by atoms with E-state index in [1.54, 1.807) is 19.1 Å². The van der Waals surface area contributed by atoms with Gasteiger partial charge in [-0.2, -0.15) is 0 Å². The number of benzene rings is 3. The maximum atomic E-state index is 12.4. The molecule has 0 atom stereocenters. The quantitative estimate of drug-likeness (QED) is 0.200. The zero-order valence-corrected chi connectivity index (χ0v) is 20.3. The topological polar surface area (TPSA) is 51.5 Å². The van der Waals surface area contributed by atoms with Gasteiger partial charge in [0.1, 0.15) is 11.5 Å². The summed E-state index contributed by atoms with van der Waals surface area (Å²) in [4.78, 5) is 12.4. The Balaban J connectivity index is 1.39. The molecule has 0 bridgehead atoms. The number of para-hydroxylation sites is 1. The molecule has 0 fully saturated rings. The van der Waals surface area contributed by atoms with Crippen LogP contribution in [0, 0.1) is 12.8 Å². The molecule has 0 spiro atoms. The summed E-state index contributed by atoms with van der Waals surface area (Å²) in [5.74, 6) is 0.891. The van der Waals surface area contributed by atoms with Crippen LogP contribution in [0.5, 0.6) is 11.5 Å². The smallest absolute Gasteiger partial charge is 0.166 e. The van der Waals surface area contributed by atoms with E-state index in [4.69, 9.17) is 4.74 Å². The Morgan fingerprint density at radius 3 is 2.47 bits per heavy atom. The Kier molecular flexibility index (Phi) is 7.36. The zero-order valence-electron chi connectivity index (χ0n) is 20.3. The van der Waals surface area contributed by atoms with Crippen LogP contribution >= 0.6 is 0 Å². The first kappa shape index (κ1) is 23.6. The van der Waals surface area contributed by atoms with E-state index in [0.29, 0.717) is 29.9 Å². The number of hydrogen-bond donors (Lipinski definition) is 1. The molecule has 0 saturated carbocycles. The summed E-state index contributed by atoms with van der Waals surface area (Å²) in [7, 11) is 0. The molecule has 0 unspecified atom stereocenters. The van der Waals surface area contributed by atoms with Gasteiger partial charge >= 0.3 is 0 Å². The first-order valence-corrected chi connectivity index (χ1v) is 12.1. The van der Waals surface area contributed by atoms with Crippen molar-refractivity contribution in [1.29, 1.82) is 0 Å². The van der Waals surface area contributed by atoms with Crippen LogP contribution in [0.3, 0.4) is 0 Å². The van der Waals surface area contributed by atoms with Crippen molar-refractivity contribution in [3.8, 4) is 22.8 Å². The lowest BCUT2D eigenvalue weighted by atomic mass is 9.98. The minimum Gasteiger partial charge on any atom is -0.507 e. The Labute approximate surface area is 201 Å². The van der Waals surface area contributed by atoms with Crippen molar-refractivity contribution in [3.63, 3.8) is 0 Å². The third-order valence-electron chi connectivity index (χ3n) is 6.19. The van der Waals surface area contributed by atoms with Gasteiger partial charge in [0.05, 0.1) is 12.2 Å². The number of ether oxygens (including phenoxy) is 1. The number of nitrogens with zero attached hydrogens (tertiary/aromatic N) is 1. The molecule has 0 aliphatic heterocycles. The second kappa shape index (κ2) is 10.6. The second-order valence-electron chi connectivity index (χ2n) is 9.27. The predicted molar refractivity (Wildman–Crippen MR) is 139 cm³/mol. The minimum atomic E-state index is -0.0321. The third kappa shape index (κ3) is 5.17. The number of phenols is 1. The van der Waals surface area contributed by atoms with Gasteiger partial charge < -0.3 is 14.4 Å². The van der Waals surface area contributed by atoms with Gasteiger partial charge in [-0.25, -0.2) is 0 Å². The molecular weight excluding hydrogens is 422 g/mol. The summed E-state index contributed by atoms with van der Waals surface area (Å²) in [6, 6.07) is 24.7. The van der Waals surface area contributed by atoms with Gasteiger partial charge in [0.2, 0.25) is 0 Å². The number of aromatic hydroxyl groups is 1. The summed E-state index contributed by atoms with van der Waals surface area (Å²) >= 11 is 0. The molecule has 4 rings (SSSR count). The van der Waals surface area contributed by atoms with Crippen LogP contribution in [0.4, 0.5) is 0 Å². The number of rotatable bonds is 10. The van der Waals surface area contributed by atoms with Crippen LogP contribution < -0.4 is 4.74 Å². The highest BCUT2D eigenvalue weighted by atomic mass is 16.5. The Morgan fingerprint density at radius 1 is 0.971 bits per heavy atom. The van der Waals surface area contributed by atoms with E-state index in [2.05, 4.69) is 59.2 Å². The van der Waals surface area contributed by atoms with Crippen LogP contribution in [0.15, 0.2) is 72.8 Å². The van der Waals surface area contributed by atoms with Gasteiger partial charge in [0.15, 0.2) is 5.78 Å². The lowest BCUT2D eigenvalue weighted by Gasteiger charge is -2.14. The SMILES string of the molecule is Cc1c(OCCCCn2c(-c3ccccc3)cc3ccccc32)ccc(C(=O)CC(C)C)c1O. The van der Waals surface area contributed by atoms with Gasteiger partial charge in [-0.3, -0.25) is 4.79 Å². The molecule has 1 heterocycles. The molecule has 4 aromatic rings. The molecule has 176 valence electrons. The van der Waals surface area contributed by atoms with Crippen molar-refractivity contribution in [1.82, 2.24) is 4.57 Å². The van der Waals surface area contributed by atoms with E-state index in [-0.39, 0.29) is 17.5 Å². The number of carbonyl (C=O) groups is 1. The van der Waals surface area contributed by atoms with Gasteiger partial charge in [0.25, 0.3) is 0 Å². The number of Topliss-reactive ketones (excluding diaryl/α,β-unsaturated/α-hetero) is 1. The van der Waals surface area contributed by atoms with Crippen LogP contribution in [-0.2, 0) is 6.54 Å². The summed E-state index contributed by atoms with van der Waals surface area (Å²) in [6.07, 6.45) is 2.27. The monoisotopic (exact) mass is 455 g/mol. The molecule has 4 heteroatoms. The molecule has 0 amide bonds. The number of hydrogen-bond acceptors (Lipinski definition) is 3. The molecule has 0 radical (unpaired) electrons. The number of ketones is 1. The van der Waals surface area contributed by atoms with Crippen molar-refractivity contribution in [2.75, 3.05) is 6.61 Å². The maximum Gasteiger partial charge on any atom is 0.166 e. The van der Waals surface area contributed by atoms with Crippen LogP contribution in [0.1, 0.15) is 49.0 Å². The molecule has 0 aliphatic carbocycles. The molecular formula is C30H33NO3. The van der Waals surface area contributed by atoms with Crippen LogP contribution in [-0.4, -0.2) is 22.1 Å². The number of unbranched alkanes of at least 4 members (excludes halogenated alkanes) is 1. The second-order valence-corrected chi connectivity index (χ2v) is 9.27. The van der Waals surface area contributed by atoms with E-state index in [9.17, 15) is 9.90 Å². The molecule has 1 aromatic heterocycles. The van der Waals surface area contributed by atoms with E-state index >= 15 is 0 Å². The molecule has 3 aromatic carbocycles. The standard InChI is InChI=1S/C30H33NO3/c1-21(2)19-28(32)25-15-16-29(22(3)30(25)33)34-18-10-9-17-31-26-14-8-7-13-24(26)20-27(31)23-11-5-4-6-12-23/h4-8,11-16,20-21,33H,9-10,17-19H2,1-3H3. The van der Waals surface area contributed by atoms with Gasteiger partial charge in [0, 0.05) is 35.1 Å². The van der Waals surface area contributed by atoms with E-state index in [1.165, 1.54) is 22.2 Å².